The Labute approximate surface area is 82.9 Å². The highest BCUT2D eigenvalue weighted by Gasteiger charge is 2.20. The summed E-state index contributed by atoms with van der Waals surface area (Å²) < 4.78 is 5.08. The lowest BCUT2D eigenvalue weighted by Crippen LogP contribution is -2.35. The number of methoxy groups -OCH3 is 1. The number of halogens is 1. The monoisotopic (exact) mass is 197 g/mol. The molecule has 0 amide bonds. The highest BCUT2D eigenvalue weighted by Crippen LogP contribution is 2.31. The van der Waals surface area contributed by atoms with Crippen LogP contribution < -0.4 is 10.1 Å². The van der Waals surface area contributed by atoms with Gasteiger partial charge in [-0.2, -0.15) is 0 Å². The fraction of sp³-hybridized carbons (Fsp3) is 0.400. The molecule has 3 heteroatoms. The van der Waals surface area contributed by atoms with Crippen LogP contribution in [-0.4, -0.2) is 13.7 Å². The van der Waals surface area contributed by atoms with E-state index in [1.54, 1.807) is 7.11 Å². The van der Waals surface area contributed by atoms with E-state index >= 15 is 0 Å². The van der Waals surface area contributed by atoms with E-state index in [0.717, 1.165) is 17.3 Å². The van der Waals surface area contributed by atoms with Gasteiger partial charge in [0.2, 0.25) is 0 Å². The van der Waals surface area contributed by atoms with Crippen molar-refractivity contribution in [2.45, 2.75) is 12.5 Å². The Balaban J connectivity index is 2.26. The maximum atomic E-state index is 6.10. The van der Waals surface area contributed by atoms with Gasteiger partial charge in [0.15, 0.2) is 0 Å². The molecule has 0 aliphatic carbocycles. The topological polar surface area (TPSA) is 21.3 Å². The minimum absolute atomic E-state index is 0.443. The van der Waals surface area contributed by atoms with E-state index in [-0.39, 0.29) is 0 Å². The highest BCUT2D eigenvalue weighted by atomic mass is 35.5. The van der Waals surface area contributed by atoms with Gasteiger partial charge in [-0.05, 0) is 30.7 Å². The fourth-order valence-electron chi connectivity index (χ4n) is 1.47. The van der Waals surface area contributed by atoms with Crippen molar-refractivity contribution in [3.8, 4) is 5.75 Å². The fourth-order valence-corrected chi connectivity index (χ4v) is 1.77. The van der Waals surface area contributed by atoms with E-state index in [4.69, 9.17) is 16.3 Å². The molecule has 0 bridgehead atoms. The van der Waals surface area contributed by atoms with Crippen LogP contribution in [0.1, 0.15) is 18.0 Å². The molecule has 0 spiro atoms. The molecule has 1 aromatic rings. The number of benzene rings is 1. The van der Waals surface area contributed by atoms with Crippen LogP contribution in [0.3, 0.4) is 0 Å². The quantitative estimate of drug-likeness (QED) is 0.786. The molecule has 1 unspecified atom stereocenters. The first-order valence-electron chi connectivity index (χ1n) is 4.38. The zero-order chi connectivity index (χ0) is 9.26. The second kappa shape index (κ2) is 3.56. The van der Waals surface area contributed by atoms with E-state index in [0.29, 0.717) is 6.04 Å². The molecule has 0 aromatic heterocycles. The van der Waals surface area contributed by atoms with Gasteiger partial charge in [0, 0.05) is 11.1 Å². The van der Waals surface area contributed by atoms with Crippen LogP contribution in [0.5, 0.6) is 5.75 Å². The van der Waals surface area contributed by atoms with Crippen LogP contribution in [0, 0.1) is 0 Å². The molecule has 2 rings (SSSR count). The first-order chi connectivity index (χ1) is 6.31. The van der Waals surface area contributed by atoms with Crippen LogP contribution in [0.15, 0.2) is 18.2 Å². The summed E-state index contributed by atoms with van der Waals surface area (Å²) in [5.74, 6) is 0.813. The molecule has 1 aliphatic rings. The third-order valence-electron chi connectivity index (χ3n) is 2.41. The van der Waals surface area contributed by atoms with Gasteiger partial charge in [0.1, 0.15) is 5.75 Å². The standard InChI is InChI=1S/C10H12ClNO/c1-13-7-2-3-8(9(11)6-7)10-4-5-12-10/h2-3,6,10,12H,4-5H2,1H3. The molecule has 13 heavy (non-hydrogen) atoms. The van der Waals surface area contributed by atoms with Crippen molar-refractivity contribution in [1.82, 2.24) is 5.32 Å². The highest BCUT2D eigenvalue weighted by molar-refractivity contribution is 6.31. The zero-order valence-corrected chi connectivity index (χ0v) is 8.27. The second-order valence-electron chi connectivity index (χ2n) is 3.18. The van der Waals surface area contributed by atoms with Gasteiger partial charge < -0.3 is 10.1 Å². The van der Waals surface area contributed by atoms with Gasteiger partial charge in [0.25, 0.3) is 0 Å². The Morgan fingerprint density at radius 1 is 1.54 bits per heavy atom. The smallest absolute Gasteiger partial charge is 0.120 e. The van der Waals surface area contributed by atoms with Crippen molar-refractivity contribution in [3.63, 3.8) is 0 Å². The molecule has 0 saturated carbocycles. The average Bonchev–Trinajstić information content (AvgIpc) is 2.05. The van der Waals surface area contributed by atoms with E-state index in [9.17, 15) is 0 Å². The maximum Gasteiger partial charge on any atom is 0.120 e. The molecule has 1 aliphatic heterocycles. The molecule has 1 saturated heterocycles. The Morgan fingerprint density at radius 2 is 2.31 bits per heavy atom. The maximum absolute atomic E-state index is 6.10. The molecule has 1 fully saturated rings. The van der Waals surface area contributed by atoms with Crippen LogP contribution in [0.25, 0.3) is 0 Å². The number of ether oxygens (including phenoxy) is 1. The lowest BCUT2D eigenvalue weighted by Gasteiger charge is -2.28. The van der Waals surface area contributed by atoms with Gasteiger partial charge in [-0.1, -0.05) is 17.7 Å². The predicted octanol–water partition coefficient (Wildman–Crippen LogP) is 2.38. The van der Waals surface area contributed by atoms with E-state index in [2.05, 4.69) is 5.32 Å². The number of rotatable bonds is 2. The largest absolute Gasteiger partial charge is 0.497 e. The molecule has 1 N–H and O–H groups in total. The summed E-state index contributed by atoms with van der Waals surface area (Å²) in [6.07, 6.45) is 1.17. The molecule has 0 radical (unpaired) electrons. The predicted molar refractivity (Wildman–Crippen MR) is 53.4 cm³/mol. The normalized spacial score (nSPS) is 20.9. The van der Waals surface area contributed by atoms with Gasteiger partial charge in [-0.25, -0.2) is 0 Å². The second-order valence-corrected chi connectivity index (χ2v) is 3.59. The Bertz CT molecular complexity index is 310. The number of hydrogen-bond donors (Lipinski definition) is 1. The van der Waals surface area contributed by atoms with Crippen molar-refractivity contribution >= 4 is 11.6 Å². The summed E-state index contributed by atoms with van der Waals surface area (Å²) >= 11 is 6.10. The first kappa shape index (κ1) is 8.85. The summed E-state index contributed by atoms with van der Waals surface area (Å²) in [6.45, 7) is 1.09. The van der Waals surface area contributed by atoms with Crippen molar-refractivity contribution in [2.75, 3.05) is 13.7 Å². The Hall–Kier alpha value is -0.730. The van der Waals surface area contributed by atoms with E-state index in [1.165, 1.54) is 12.0 Å². The lowest BCUT2D eigenvalue weighted by molar-refractivity contribution is 0.381. The van der Waals surface area contributed by atoms with E-state index in [1.807, 2.05) is 18.2 Å². The molecular formula is C10H12ClNO. The summed E-state index contributed by atoms with van der Waals surface area (Å²) in [5.41, 5.74) is 1.17. The van der Waals surface area contributed by atoms with Crippen molar-refractivity contribution in [1.29, 1.82) is 0 Å². The third-order valence-corrected chi connectivity index (χ3v) is 2.73. The van der Waals surface area contributed by atoms with Crippen molar-refractivity contribution in [3.05, 3.63) is 28.8 Å². The van der Waals surface area contributed by atoms with Gasteiger partial charge in [-0.15, -0.1) is 0 Å². The minimum atomic E-state index is 0.443. The van der Waals surface area contributed by atoms with Crippen molar-refractivity contribution in [2.24, 2.45) is 0 Å². The molecule has 1 heterocycles. The SMILES string of the molecule is COc1ccc(C2CCN2)c(Cl)c1. The van der Waals surface area contributed by atoms with Gasteiger partial charge >= 0.3 is 0 Å². The molecule has 1 atom stereocenters. The minimum Gasteiger partial charge on any atom is -0.497 e. The summed E-state index contributed by atoms with van der Waals surface area (Å²) in [6, 6.07) is 6.27. The summed E-state index contributed by atoms with van der Waals surface area (Å²) in [7, 11) is 1.65. The number of hydrogen-bond acceptors (Lipinski definition) is 2. The van der Waals surface area contributed by atoms with Crippen LogP contribution in [0.4, 0.5) is 0 Å². The van der Waals surface area contributed by atoms with Gasteiger partial charge in [0.05, 0.1) is 7.11 Å². The number of nitrogens with one attached hydrogen (secondary N) is 1. The average molecular weight is 198 g/mol. The zero-order valence-electron chi connectivity index (χ0n) is 7.51. The first-order valence-corrected chi connectivity index (χ1v) is 4.76. The van der Waals surface area contributed by atoms with Crippen LogP contribution in [0.2, 0.25) is 5.02 Å². The molecular weight excluding hydrogens is 186 g/mol. The summed E-state index contributed by atoms with van der Waals surface area (Å²) in [5, 5.41) is 4.10. The molecule has 1 aromatic carbocycles. The lowest BCUT2D eigenvalue weighted by atomic mass is 9.98. The Kier molecular flexibility index (Phi) is 2.42. The van der Waals surface area contributed by atoms with Crippen molar-refractivity contribution < 1.29 is 4.74 Å². The summed E-state index contributed by atoms with van der Waals surface area (Å²) in [4.78, 5) is 0. The molecule has 2 nitrogen and oxygen atoms in total. The van der Waals surface area contributed by atoms with E-state index < -0.39 is 0 Å². The molecule has 70 valence electrons. The van der Waals surface area contributed by atoms with Gasteiger partial charge in [-0.3, -0.25) is 0 Å². The van der Waals surface area contributed by atoms with Crippen LogP contribution >= 0.6 is 11.6 Å². The van der Waals surface area contributed by atoms with Crippen LogP contribution in [-0.2, 0) is 0 Å². The Morgan fingerprint density at radius 3 is 2.77 bits per heavy atom. The third kappa shape index (κ3) is 1.64.